The van der Waals surface area contributed by atoms with Crippen LogP contribution in [0.15, 0.2) is 18.2 Å². The normalized spacial score (nSPS) is 22.0. The molecule has 2 aliphatic rings. The molecular formula is C14H17N3O3. The molecule has 2 fully saturated rings. The number of amides is 2. The summed E-state index contributed by atoms with van der Waals surface area (Å²) < 4.78 is 0. The second-order valence-electron chi connectivity index (χ2n) is 5.30. The standard InChI is InChI=1S/C14H17N3O3/c15-12-3-2-10(18)7-11(12)14(20)16-5-6-17-9(8-16)1-4-13(17)19/h2-3,7,9,18H,1,4-6,8,15H2. The minimum Gasteiger partial charge on any atom is -0.508 e. The second-order valence-corrected chi connectivity index (χ2v) is 5.30. The zero-order valence-electron chi connectivity index (χ0n) is 11.1. The molecule has 1 aromatic carbocycles. The van der Waals surface area contributed by atoms with Crippen LogP contribution in [0.3, 0.4) is 0 Å². The average Bonchev–Trinajstić information content (AvgIpc) is 2.82. The molecule has 3 N–H and O–H groups in total. The van der Waals surface area contributed by atoms with Crippen molar-refractivity contribution in [3.05, 3.63) is 23.8 Å². The Labute approximate surface area is 116 Å². The van der Waals surface area contributed by atoms with Gasteiger partial charge in [0.2, 0.25) is 5.91 Å². The van der Waals surface area contributed by atoms with Gasteiger partial charge in [-0.15, -0.1) is 0 Å². The molecule has 0 aromatic heterocycles. The Balaban J connectivity index is 1.78. The number of carbonyl (C=O) groups excluding carboxylic acids is 2. The maximum Gasteiger partial charge on any atom is 0.256 e. The Morgan fingerprint density at radius 2 is 2.15 bits per heavy atom. The van der Waals surface area contributed by atoms with E-state index in [2.05, 4.69) is 0 Å². The third-order valence-corrected chi connectivity index (χ3v) is 4.05. The number of hydrogen-bond acceptors (Lipinski definition) is 4. The molecule has 106 valence electrons. The molecule has 0 saturated carbocycles. The minimum atomic E-state index is -0.183. The van der Waals surface area contributed by atoms with Gasteiger partial charge in [-0.25, -0.2) is 0 Å². The van der Waals surface area contributed by atoms with E-state index in [0.29, 0.717) is 37.3 Å². The molecule has 6 heteroatoms. The smallest absolute Gasteiger partial charge is 0.256 e. The largest absolute Gasteiger partial charge is 0.508 e. The molecule has 0 spiro atoms. The van der Waals surface area contributed by atoms with Crippen LogP contribution in [-0.4, -0.2) is 52.4 Å². The molecule has 3 rings (SSSR count). The van der Waals surface area contributed by atoms with Crippen molar-refractivity contribution in [3.63, 3.8) is 0 Å². The Bertz CT molecular complexity index is 573. The number of phenolic OH excluding ortho intramolecular Hbond substituents is 1. The first-order valence-corrected chi connectivity index (χ1v) is 6.73. The summed E-state index contributed by atoms with van der Waals surface area (Å²) >= 11 is 0. The lowest BCUT2D eigenvalue weighted by Crippen LogP contribution is -2.53. The minimum absolute atomic E-state index is 0.0252. The van der Waals surface area contributed by atoms with Crippen molar-refractivity contribution < 1.29 is 14.7 Å². The van der Waals surface area contributed by atoms with Crippen molar-refractivity contribution in [3.8, 4) is 5.75 Å². The van der Waals surface area contributed by atoms with E-state index in [9.17, 15) is 14.7 Å². The van der Waals surface area contributed by atoms with Gasteiger partial charge in [0.25, 0.3) is 5.91 Å². The lowest BCUT2D eigenvalue weighted by atomic mass is 10.1. The Morgan fingerprint density at radius 1 is 1.35 bits per heavy atom. The highest BCUT2D eigenvalue weighted by Gasteiger charge is 2.37. The molecule has 1 aromatic rings. The van der Waals surface area contributed by atoms with Crippen molar-refractivity contribution in [2.24, 2.45) is 0 Å². The lowest BCUT2D eigenvalue weighted by molar-refractivity contribution is -0.130. The van der Waals surface area contributed by atoms with E-state index < -0.39 is 0 Å². The molecule has 0 aliphatic carbocycles. The van der Waals surface area contributed by atoms with Crippen LogP contribution in [-0.2, 0) is 4.79 Å². The van der Waals surface area contributed by atoms with E-state index in [0.717, 1.165) is 6.42 Å². The third-order valence-electron chi connectivity index (χ3n) is 4.05. The average molecular weight is 275 g/mol. The zero-order chi connectivity index (χ0) is 14.3. The predicted molar refractivity (Wildman–Crippen MR) is 73.2 cm³/mol. The maximum atomic E-state index is 12.5. The molecule has 2 heterocycles. The number of nitrogens with zero attached hydrogens (tertiary/aromatic N) is 2. The van der Waals surface area contributed by atoms with Crippen LogP contribution < -0.4 is 5.73 Å². The predicted octanol–water partition coefficient (Wildman–Crippen LogP) is 0.421. The summed E-state index contributed by atoms with van der Waals surface area (Å²) in [6.45, 7) is 1.63. The fourth-order valence-corrected chi connectivity index (χ4v) is 2.95. The van der Waals surface area contributed by atoms with Gasteiger partial charge >= 0.3 is 0 Å². The molecule has 6 nitrogen and oxygen atoms in total. The number of anilines is 1. The first kappa shape index (κ1) is 12.8. The summed E-state index contributed by atoms with van der Waals surface area (Å²) in [5.41, 5.74) is 6.48. The van der Waals surface area contributed by atoms with E-state index in [1.807, 2.05) is 4.90 Å². The molecule has 1 unspecified atom stereocenters. The van der Waals surface area contributed by atoms with Crippen LogP contribution in [0.1, 0.15) is 23.2 Å². The number of aromatic hydroxyl groups is 1. The van der Waals surface area contributed by atoms with Gasteiger partial charge in [-0.2, -0.15) is 0 Å². The highest BCUT2D eigenvalue weighted by molar-refractivity contribution is 5.99. The van der Waals surface area contributed by atoms with Gasteiger partial charge in [-0.1, -0.05) is 0 Å². The lowest BCUT2D eigenvalue weighted by Gasteiger charge is -2.37. The fourth-order valence-electron chi connectivity index (χ4n) is 2.95. The number of fused-ring (bicyclic) bond motifs is 1. The molecule has 1 atom stereocenters. The van der Waals surface area contributed by atoms with Gasteiger partial charge in [0.05, 0.1) is 5.56 Å². The summed E-state index contributed by atoms with van der Waals surface area (Å²) in [5.74, 6) is 0.0218. The van der Waals surface area contributed by atoms with Crippen molar-refractivity contribution in [1.29, 1.82) is 0 Å². The summed E-state index contributed by atoms with van der Waals surface area (Å²) in [6, 6.07) is 4.50. The number of piperazine rings is 1. The SMILES string of the molecule is Nc1ccc(O)cc1C(=O)N1CCN2C(=O)CCC2C1. The number of hydrogen-bond donors (Lipinski definition) is 2. The molecule has 2 amide bonds. The maximum absolute atomic E-state index is 12.5. The zero-order valence-corrected chi connectivity index (χ0v) is 11.1. The number of nitrogens with two attached hydrogens (primary N) is 1. The van der Waals surface area contributed by atoms with Crippen LogP contribution in [0.5, 0.6) is 5.75 Å². The Kier molecular flexibility index (Phi) is 3.00. The topological polar surface area (TPSA) is 86.9 Å². The van der Waals surface area contributed by atoms with Crippen LogP contribution in [0, 0.1) is 0 Å². The van der Waals surface area contributed by atoms with E-state index in [-0.39, 0.29) is 23.6 Å². The van der Waals surface area contributed by atoms with Crippen LogP contribution >= 0.6 is 0 Å². The first-order valence-electron chi connectivity index (χ1n) is 6.73. The Morgan fingerprint density at radius 3 is 2.95 bits per heavy atom. The number of carbonyl (C=O) groups is 2. The van der Waals surface area contributed by atoms with E-state index in [1.165, 1.54) is 18.2 Å². The summed E-state index contributed by atoms with van der Waals surface area (Å²) in [4.78, 5) is 27.7. The van der Waals surface area contributed by atoms with Crippen molar-refractivity contribution >= 4 is 17.5 Å². The summed E-state index contributed by atoms with van der Waals surface area (Å²) in [6.07, 6.45) is 1.37. The number of phenols is 1. The molecular weight excluding hydrogens is 258 g/mol. The quantitative estimate of drug-likeness (QED) is 0.574. The van der Waals surface area contributed by atoms with Crippen LogP contribution in [0.2, 0.25) is 0 Å². The number of benzene rings is 1. The van der Waals surface area contributed by atoms with E-state index in [4.69, 9.17) is 5.73 Å². The third kappa shape index (κ3) is 2.07. The van der Waals surface area contributed by atoms with Crippen molar-refractivity contribution in [1.82, 2.24) is 9.80 Å². The van der Waals surface area contributed by atoms with Crippen molar-refractivity contribution in [2.75, 3.05) is 25.4 Å². The summed E-state index contributed by atoms with van der Waals surface area (Å²) in [7, 11) is 0. The van der Waals surface area contributed by atoms with Crippen molar-refractivity contribution in [2.45, 2.75) is 18.9 Å². The van der Waals surface area contributed by atoms with Crippen LogP contribution in [0.25, 0.3) is 0 Å². The van der Waals surface area contributed by atoms with Gasteiger partial charge in [-0.3, -0.25) is 9.59 Å². The van der Waals surface area contributed by atoms with Gasteiger partial charge in [-0.05, 0) is 24.6 Å². The van der Waals surface area contributed by atoms with Gasteiger partial charge < -0.3 is 20.6 Å². The number of rotatable bonds is 1. The van der Waals surface area contributed by atoms with Gasteiger partial charge in [0.15, 0.2) is 0 Å². The molecule has 0 radical (unpaired) electrons. The van der Waals surface area contributed by atoms with E-state index >= 15 is 0 Å². The molecule has 20 heavy (non-hydrogen) atoms. The Hall–Kier alpha value is -2.24. The van der Waals surface area contributed by atoms with Gasteiger partial charge in [0, 0.05) is 37.8 Å². The molecule has 0 bridgehead atoms. The fraction of sp³-hybridized carbons (Fsp3) is 0.429. The monoisotopic (exact) mass is 275 g/mol. The first-order chi connectivity index (χ1) is 9.56. The highest BCUT2D eigenvalue weighted by Crippen LogP contribution is 2.26. The second kappa shape index (κ2) is 4.70. The molecule has 2 saturated heterocycles. The molecule has 2 aliphatic heterocycles. The summed E-state index contributed by atoms with van der Waals surface area (Å²) in [5, 5.41) is 9.49. The van der Waals surface area contributed by atoms with Crippen LogP contribution in [0.4, 0.5) is 5.69 Å². The number of nitrogen functional groups attached to an aromatic ring is 1. The van der Waals surface area contributed by atoms with Gasteiger partial charge in [0.1, 0.15) is 5.75 Å². The van der Waals surface area contributed by atoms with E-state index in [1.54, 1.807) is 4.90 Å². The highest BCUT2D eigenvalue weighted by atomic mass is 16.3.